The normalized spacial score (nSPS) is 10.9. The van der Waals surface area contributed by atoms with Crippen LogP contribution >= 0.6 is 0 Å². The molecule has 24 heavy (non-hydrogen) atoms. The van der Waals surface area contributed by atoms with Crippen molar-refractivity contribution in [3.8, 4) is 17.0 Å². The van der Waals surface area contributed by atoms with Gasteiger partial charge in [0.2, 0.25) is 0 Å². The van der Waals surface area contributed by atoms with E-state index in [4.69, 9.17) is 4.74 Å². The lowest BCUT2D eigenvalue weighted by Crippen LogP contribution is -1.97. The van der Waals surface area contributed by atoms with Crippen molar-refractivity contribution in [1.29, 1.82) is 0 Å². The fourth-order valence-electron chi connectivity index (χ4n) is 2.85. The summed E-state index contributed by atoms with van der Waals surface area (Å²) in [5.74, 6) is 0.913. The Morgan fingerprint density at radius 2 is 1.79 bits per heavy atom. The molecule has 0 amide bonds. The van der Waals surface area contributed by atoms with Crippen LogP contribution in [-0.2, 0) is 6.61 Å². The fraction of sp³-hybridized carbons (Fsp3) is 0.0952. The number of hydrogen-bond donors (Lipinski definition) is 0. The maximum Gasteiger partial charge on any atom is 0.137 e. The molecule has 0 radical (unpaired) electrons. The summed E-state index contributed by atoms with van der Waals surface area (Å²) in [5.41, 5.74) is 5.47. The first-order valence-corrected chi connectivity index (χ1v) is 8.01. The predicted molar refractivity (Wildman–Crippen MR) is 96.1 cm³/mol. The third-order valence-electron chi connectivity index (χ3n) is 4.12. The Morgan fingerprint density at radius 3 is 2.62 bits per heavy atom. The Hall–Kier alpha value is -3.07. The molecule has 0 saturated heterocycles. The molecule has 0 aliphatic rings. The molecule has 0 aliphatic carbocycles. The molecule has 3 heteroatoms. The maximum absolute atomic E-state index is 5.96. The molecule has 0 unspecified atom stereocenters. The molecule has 4 aromatic rings. The van der Waals surface area contributed by atoms with E-state index < -0.39 is 0 Å². The molecular formula is C21H18N2O. The van der Waals surface area contributed by atoms with Crippen LogP contribution < -0.4 is 4.74 Å². The highest BCUT2D eigenvalue weighted by Gasteiger charge is 2.08. The van der Waals surface area contributed by atoms with E-state index in [1.807, 2.05) is 54.9 Å². The molecule has 0 spiro atoms. The topological polar surface area (TPSA) is 26.5 Å². The van der Waals surface area contributed by atoms with Gasteiger partial charge >= 0.3 is 0 Å². The first-order valence-electron chi connectivity index (χ1n) is 8.01. The first kappa shape index (κ1) is 14.5. The van der Waals surface area contributed by atoms with Gasteiger partial charge < -0.3 is 4.74 Å². The summed E-state index contributed by atoms with van der Waals surface area (Å²) in [6, 6.07) is 22.5. The molecule has 0 atom stereocenters. The van der Waals surface area contributed by atoms with Gasteiger partial charge in [-0.15, -0.1) is 0 Å². The molecule has 2 aromatic heterocycles. The standard InChI is InChI=1S/C21H18N2O/c1-16-13-18(19-14-22-21-9-5-6-12-23(19)21)10-11-20(16)24-15-17-7-3-2-4-8-17/h2-14H,15H2,1H3. The van der Waals surface area contributed by atoms with Crippen LogP contribution in [0.1, 0.15) is 11.1 Å². The summed E-state index contributed by atoms with van der Waals surface area (Å²) >= 11 is 0. The molecule has 0 bridgehead atoms. The summed E-state index contributed by atoms with van der Waals surface area (Å²) in [7, 11) is 0. The van der Waals surface area contributed by atoms with Gasteiger partial charge in [0.05, 0.1) is 11.9 Å². The van der Waals surface area contributed by atoms with Crippen LogP contribution in [0.4, 0.5) is 0 Å². The van der Waals surface area contributed by atoms with Crippen molar-refractivity contribution in [3.63, 3.8) is 0 Å². The van der Waals surface area contributed by atoms with Gasteiger partial charge in [-0.3, -0.25) is 4.40 Å². The number of hydrogen-bond acceptors (Lipinski definition) is 2. The average Bonchev–Trinajstić information content (AvgIpc) is 3.06. The Labute approximate surface area is 141 Å². The van der Waals surface area contributed by atoms with E-state index >= 15 is 0 Å². The number of benzene rings is 2. The molecule has 4 rings (SSSR count). The minimum absolute atomic E-state index is 0.580. The molecule has 0 saturated carbocycles. The number of fused-ring (bicyclic) bond motifs is 1. The van der Waals surface area contributed by atoms with Gasteiger partial charge in [0, 0.05) is 11.8 Å². The lowest BCUT2D eigenvalue weighted by molar-refractivity contribution is 0.304. The van der Waals surface area contributed by atoms with Crippen molar-refractivity contribution in [3.05, 3.63) is 90.3 Å². The van der Waals surface area contributed by atoms with E-state index in [2.05, 4.69) is 40.6 Å². The van der Waals surface area contributed by atoms with Gasteiger partial charge in [-0.25, -0.2) is 4.98 Å². The third kappa shape index (κ3) is 2.76. The smallest absolute Gasteiger partial charge is 0.137 e. The van der Waals surface area contributed by atoms with Crippen LogP contribution in [0.3, 0.4) is 0 Å². The molecular weight excluding hydrogens is 296 g/mol. The van der Waals surface area contributed by atoms with Crippen LogP contribution in [-0.4, -0.2) is 9.38 Å². The Morgan fingerprint density at radius 1 is 0.958 bits per heavy atom. The molecule has 0 fully saturated rings. The van der Waals surface area contributed by atoms with Gasteiger partial charge in [-0.2, -0.15) is 0 Å². The summed E-state index contributed by atoms with van der Waals surface area (Å²) in [6.07, 6.45) is 3.95. The van der Waals surface area contributed by atoms with E-state index in [0.29, 0.717) is 6.61 Å². The first-order chi connectivity index (χ1) is 11.8. The second-order valence-electron chi connectivity index (χ2n) is 5.83. The number of imidazole rings is 1. The van der Waals surface area contributed by atoms with Crippen molar-refractivity contribution < 1.29 is 4.74 Å². The van der Waals surface area contributed by atoms with Crippen LogP contribution in [0.15, 0.2) is 79.1 Å². The van der Waals surface area contributed by atoms with Crippen molar-refractivity contribution in [1.82, 2.24) is 9.38 Å². The summed E-state index contributed by atoms with van der Waals surface area (Å²) in [5, 5.41) is 0. The Kier molecular flexibility index (Phi) is 3.75. The highest BCUT2D eigenvalue weighted by atomic mass is 16.5. The highest BCUT2D eigenvalue weighted by molar-refractivity contribution is 5.65. The largest absolute Gasteiger partial charge is 0.489 e. The maximum atomic E-state index is 5.96. The zero-order valence-electron chi connectivity index (χ0n) is 13.5. The average molecular weight is 314 g/mol. The number of rotatable bonds is 4. The molecule has 3 nitrogen and oxygen atoms in total. The van der Waals surface area contributed by atoms with Crippen LogP contribution in [0, 0.1) is 6.92 Å². The zero-order valence-corrected chi connectivity index (χ0v) is 13.5. The minimum atomic E-state index is 0.580. The van der Waals surface area contributed by atoms with Crippen LogP contribution in [0.2, 0.25) is 0 Å². The van der Waals surface area contributed by atoms with Gasteiger partial charge in [-0.1, -0.05) is 36.4 Å². The lowest BCUT2D eigenvalue weighted by atomic mass is 10.1. The van der Waals surface area contributed by atoms with E-state index in [0.717, 1.165) is 28.2 Å². The Balaban J connectivity index is 1.60. The van der Waals surface area contributed by atoms with E-state index in [-0.39, 0.29) is 0 Å². The zero-order chi connectivity index (χ0) is 16.4. The second-order valence-corrected chi connectivity index (χ2v) is 5.83. The van der Waals surface area contributed by atoms with Crippen molar-refractivity contribution in [2.24, 2.45) is 0 Å². The van der Waals surface area contributed by atoms with E-state index in [1.165, 1.54) is 5.56 Å². The molecule has 0 aliphatic heterocycles. The SMILES string of the molecule is Cc1cc(-c2cnc3ccccn23)ccc1OCc1ccccc1. The van der Waals surface area contributed by atoms with Gasteiger partial charge in [0.1, 0.15) is 18.0 Å². The lowest BCUT2D eigenvalue weighted by Gasteiger charge is -2.11. The number of ether oxygens (including phenoxy) is 1. The summed E-state index contributed by atoms with van der Waals surface area (Å²) < 4.78 is 8.06. The summed E-state index contributed by atoms with van der Waals surface area (Å²) in [4.78, 5) is 4.45. The van der Waals surface area contributed by atoms with E-state index in [9.17, 15) is 0 Å². The Bertz CT molecular complexity index is 973. The van der Waals surface area contributed by atoms with Crippen LogP contribution in [0.25, 0.3) is 16.9 Å². The fourth-order valence-corrected chi connectivity index (χ4v) is 2.85. The number of aromatic nitrogens is 2. The molecule has 118 valence electrons. The van der Waals surface area contributed by atoms with Gasteiger partial charge in [0.25, 0.3) is 0 Å². The minimum Gasteiger partial charge on any atom is -0.489 e. The highest BCUT2D eigenvalue weighted by Crippen LogP contribution is 2.27. The van der Waals surface area contributed by atoms with E-state index in [1.54, 1.807) is 0 Å². The number of aryl methyl sites for hydroxylation is 1. The third-order valence-corrected chi connectivity index (χ3v) is 4.12. The number of nitrogens with zero attached hydrogens (tertiary/aromatic N) is 2. The predicted octanol–water partition coefficient (Wildman–Crippen LogP) is 4.89. The van der Waals surface area contributed by atoms with Crippen molar-refractivity contribution >= 4 is 5.65 Å². The molecule has 2 heterocycles. The molecule has 2 aromatic carbocycles. The van der Waals surface area contributed by atoms with Gasteiger partial charge in [0.15, 0.2) is 0 Å². The number of pyridine rings is 1. The van der Waals surface area contributed by atoms with Crippen molar-refractivity contribution in [2.75, 3.05) is 0 Å². The second kappa shape index (κ2) is 6.20. The quantitative estimate of drug-likeness (QED) is 0.536. The summed E-state index contributed by atoms with van der Waals surface area (Å²) in [6.45, 7) is 2.66. The molecule has 0 N–H and O–H groups in total. The monoisotopic (exact) mass is 314 g/mol. The van der Waals surface area contributed by atoms with Crippen LogP contribution in [0.5, 0.6) is 5.75 Å². The van der Waals surface area contributed by atoms with Gasteiger partial charge in [-0.05, 0) is 48.4 Å². The van der Waals surface area contributed by atoms with Crippen molar-refractivity contribution in [2.45, 2.75) is 13.5 Å².